The minimum Gasteiger partial charge on any atom is -0.385 e. The van der Waals surface area contributed by atoms with Crippen LogP contribution in [0, 0.1) is 0 Å². The van der Waals surface area contributed by atoms with Gasteiger partial charge in [0.25, 0.3) is 0 Å². The average molecular weight is 274 g/mol. The van der Waals surface area contributed by atoms with Gasteiger partial charge in [-0.3, -0.25) is 4.98 Å². The summed E-state index contributed by atoms with van der Waals surface area (Å²) < 4.78 is 0.257. The topological polar surface area (TPSA) is 24.9 Å². The van der Waals surface area contributed by atoms with Crippen molar-refractivity contribution in [3.63, 3.8) is 0 Å². The maximum absolute atomic E-state index is 4.15. The third kappa shape index (κ3) is 1.30. The largest absolute Gasteiger partial charge is 0.385 e. The molecule has 0 radical (unpaired) electrons. The molecular weight excluding hydrogens is 263 g/mol. The lowest BCUT2D eigenvalue weighted by Gasteiger charge is -2.30. The number of anilines is 1. The molecule has 2 nitrogen and oxygen atoms in total. The first-order valence-corrected chi connectivity index (χ1v) is 5.15. The fourth-order valence-corrected chi connectivity index (χ4v) is 2.23. The summed E-state index contributed by atoms with van der Waals surface area (Å²) in [5.41, 5.74) is 2.57. The molecule has 64 valence electrons. The molecule has 0 aliphatic carbocycles. The summed E-state index contributed by atoms with van der Waals surface area (Å²) in [5, 5.41) is 3.37. The summed E-state index contributed by atoms with van der Waals surface area (Å²) >= 11 is 2.50. The van der Waals surface area contributed by atoms with Crippen LogP contribution in [-0.4, -0.2) is 11.5 Å². The molecule has 1 aromatic rings. The molecule has 12 heavy (non-hydrogen) atoms. The number of pyridine rings is 1. The number of nitrogens with one attached hydrogen (secondary N) is 1. The van der Waals surface area contributed by atoms with Crippen LogP contribution in [0.5, 0.6) is 0 Å². The van der Waals surface area contributed by atoms with Crippen LogP contribution in [-0.2, 0) is 3.42 Å². The number of fused-ring (bicyclic) bond motifs is 1. The molecule has 2 heterocycles. The highest BCUT2D eigenvalue weighted by atomic mass is 127. The normalized spacial score (nSPS) is 27.5. The number of hydrogen-bond donors (Lipinski definition) is 1. The van der Waals surface area contributed by atoms with Gasteiger partial charge in [-0.25, -0.2) is 0 Å². The van der Waals surface area contributed by atoms with E-state index in [1.807, 2.05) is 18.5 Å². The molecule has 0 saturated heterocycles. The van der Waals surface area contributed by atoms with Crippen molar-refractivity contribution in [2.45, 2.75) is 16.8 Å². The van der Waals surface area contributed by atoms with E-state index in [2.05, 4.69) is 39.8 Å². The highest BCUT2D eigenvalue weighted by Crippen LogP contribution is 2.41. The van der Waals surface area contributed by atoms with E-state index in [4.69, 9.17) is 0 Å². The van der Waals surface area contributed by atoms with Crippen LogP contribution < -0.4 is 5.32 Å². The number of nitrogens with zero attached hydrogens (tertiary/aromatic N) is 1. The number of aromatic nitrogens is 1. The molecule has 3 heteroatoms. The molecule has 2 rings (SSSR count). The average Bonchev–Trinajstić information content (AvgIpc) is 2.04. The molecule has 0 saturated carbocycles. The Morgan fingerprint density at radius 3 is 3.25 bits per heavy atom. The lowest BCUT2D eigenvalue weighted by molar-refractivity contribution is 0.652. The zero-order chi connectivity index (χ0) is 8.60. The van der Waals surface area contributed by atoms with Gasteiger partial charge in [-0.05, 0) is 19.4 Å². The van der Waals surface area contributed by atoms with Crippen LogP contribution in [0.1, 0.15) is 18.9 Å². The van der Waals surface area contributed by atoms with Gasteiger partial charge in [0.2, 0.25) is 0 Å². The highest BCUT2D eigenvalue weighted by Gasteiger charge is 2.28. The standard InChI is InChI=1S/C9H11IN2/c1-9(10)3-5-12-8-2-4-11-6-7(8)9/h2,4,6,12H,3,5H2,1H3. The quantitative estimate of drug-likeness (QED) is 0.581. The summed E-state index contributed by atoms with van der Waals surface area (Å²) in [4.78, 5) is 4.15. The van der Waals surface area contributed by atoms with E-state index >= 15 is 0 Å². The Hall–Kier alpha value is -0.320. The second-order valence-electron chi connectivity index (χ2n) is 3.30. The SMILES string of the molecule is CC1(I)CCNc2ccncc21. The Morgan fingerprint density at radius 1 is 1.67 bits per heavy atom. The molecule has 0 fully saturated rings. The van der Waals surface area contributed by atoms with Gasteiger partial charge < -0.3 is 5.32 Å². The fourth-order valence-electron chi connectivity index (χ4n) is 1.53. The maximum atomic E-state index is 4.15. The van der Waals surface area contributed by atoms with E-state index in [1.165, 1.54) is 17.7 Å². The van der Waals surface area contributed by atoms with Gasteiger partial charge in [0.05, 0.1) is 0 Å². The third-order valence-electron chi connectivity index (χ3n) is 2.29. The lowest BCUT2D eigenvalue weighted by Crippen LogP contribution is -2.25. The predicted octanol–water partition coefficient (Wildman–Crippen LogP) is 2.55. The zero-order valence-electron chi connectivity index (χ0n) is 6.97. The van der Waals surface area contributed by atoms with Crippen molar-refractivity contribution in [1.29, 1.82) is 0 Å². The summed E-state index contributed by atoms with van der Waals surface area (Å²) in [6.07, 6.45) is 4.98. The molecule has 0 aromatic carbocycles. The molecule has 1 aromatic heterocycles. The Balaban J connectivity index is 2.52. The first-order chi connectivity index (χ1) is 5.70. The third-order valence-corrected chi connectivity index (χ3v) is 3.41. The minimum absolute atomic E-state index is 0.257. The molecular formula is C9H11IN2. The summed E-state index contributed by atoms with van der Waals surface area (Å²) in [7, 11) is 0. The van der Waals surface area contributed by atoms with Gasteiger partial charge in [0.15, 0.2) is 0 Å². The molecule has 1 aliphatic heterocycles. The zero-order valence-corrected chi connectivity index (χ0v) is 9.13. The Kier molecular flexibility index (Phi) is 1.98. The number of halogens is 1. The van der Waals surface area contributed by atoms with Crippen LogP contribution in [0.2, 0.25) is 0 Å². The molecule has 1 N–H and O–H groups in total. The summed E-state index contributed by atoms with van der Waals surface area (Å²) in [5.74, 6) is 0. The Labute approximate surface area is 85.9 Å². The van der Waals surface area contributed by atoms with E-state index in [1.54, 1.807) is 0 Å². The van der Waals surface area contributed by atoms with E-state index in [0.29, 0.717) is 0 Å². The summed E-state index contributed by atoms with van der Waals surface area (Å²) in [6, 6.07) is 2.05. The second-order valence-corrected chi connectivity index (χ2v) is 5.68. The molecule has 1 atom stereocenters. The predicted molar refractivity (Wildman–Crippen MR) is 58.7 cm³/mol. The van der Waals surface area contributed by atoms with Crippen molar-refractivity contribution in [2.24, 2.45) is 0 Å². The molecule has 1 unspecified atom stereocenters. The highest BCUT2D eigenvalue weighted by molar-refractivity contribution is 14.1. The molecule has 0 bridgehead atoms. The molecule has 1 aliphatic rings. The smallest absolute Gasteiger partial charge is 0.0494 e. The second kappa shape index (κ2) is 2.87. The monoisotopic (exact) mass is 274 g/mol. The molecule has 0 amide bonds. The summed E-state index contributed by atoms with van der Waals surface area (Å²) in [6.45, 7) is 3.32. The minimum atomic E-state index is 0.257. The van der Waals surface area contributed by atoms with Gasteiger partial charge in [0, 0.05) is 33.6 Å². The van der Waals surface area contributed by atoms with E-state index in [-0.39, 0.29) is 3.42 Å². The van der Waals surface area contributed by atoms with E-state index in [9.17, 15) is 0 Å². The van der Waals surface area contributed by atoms with Gasteiger partial charge in [-0.1, -0.05) is 22.6 Å². The van der Waals surface area contributed by atoms with Crippen molar-refractivity contribution < 1.29 is 0 Å². The first-order valence-electron chi connectivity index (χ1n) is 4.07. The van der Waals surface area contributed by atoms with Crippen LogP contribution in [0.15, 0.2) is 18.5 Å². The van der Waals surface area contributed by atoms with Crippen molar-refractivity contribution in [2.75, 3.05) is 11.9 Å². The van der Waals surface area contributed by atoms with Gasteiger partial charge >= 0.3 is 0 Å². The first kappa shape index (κ1) is 8.29. The van der Waals surface area contributed by atoms with E-state index < -0.39 is 0 Å². The van der Waals surface area contributed by atoms with Crippen LogP contribution in [0.4, 0.5) is 5.69 Å². The molecule has 0 spiro atoms. The maximum Gasteiger partial charge on any atom is 0.0494 e. The van der Waals surface area contributed by atoms with Gasteiger partial charge in [0.1, 0.15) is 0 Å². The van der Waals surface area contributed by atoms with Crippen LogP contribution in [0.25, 0.3) is 0 Å². The van der Waals surface area contributed by atoms with Crippen molar-refractivity contribution >= 4 is 28.3 Å². The van der Waals surface area contributed by atoms with Crippen molar-refractivity contribution in [3.05, 3.63) is 24.0 Å². The van der Waals surface area contributed by atoms with Gasteiger partial charge in [-0.2, -0.15) is 0 Å². The van der Waals surface area contributed by atoms with Gasteiger partial charge in [-0.15, -0.1) is 0 Å². The Bertz CT molecular complexity index is 296. The lowest BCUT2D eigenvalue weighted by atomic mass is 9.94. The van der Waals surface area contributed by atoms with Crippen LogP contribution in [0.3, 0.4) is 0 Å². The number of alkyl halides is 1. The number of rotatable bonds is 0. The number of hydrogen-bond acceptors (Lipinski definition) is 2. The van der Waals surface area contributed by atoms with E-state index in [0.717, 1.165) is 6.54 Å². The van der Waals surface area contributed by atoms with Crippen molar-refractivity contribution in [1.82, 2.24) is 4.98 Å². The van der Waals surface area contributed by atoms with Crippen molar-refractivity contribution in [3.8, 4) is 0 Å². The fraction of sp³-hybridized carbons (Fsp3) is 0.444. The Morgan fingerprint density at radius 2 is 2.50 bits per heavy atom. The van der Waals surface area contributed by atoms with Crippen LogP contribution >= 0.6 is 22.6 Å².